The van der Waals surface area contributed by atoms with Crippen molar-refractivity contribution in [3.63, 3.8) is 0 Å². The number of anilines is 2. The zero-order valence-corrected chi connectivity index (χ0v) is 17.8. The normalized spacial score (nSPS) is 10.4. The van der Waals surface area contributed by atoms with E-state index in [1.807, 2.05) is 32.0 Å². The lowest BCUT2D eigenvalue weighted by molar-refractivity contribution is -0.113. The topological polar surface area (TPSA) is 93.2 Å². The van der Waals surface area contributed by atoms with Crippen LogP contribution in [0.2, 0.25) is 0 Å². The van der Waals surface area contributed by atoms with Crippen molar-refractivity contribution >= 4 is 45.7 Å². The number of amides is 2. The molecule has 3 rings (SSSR count). The first kappa shape index (κ1) is 20.8. The molecule has 0 fully saturated rings. The van der Waals surface area contributed by atoms with Crippen LogP contribution < -0.4 is 15.4 Å². The minimum absolute atomic E-state index is 0.156. The summed E-state index contributed by atoms with van der Waals surface area (Å²) in [7, 11) is 1.59. The van der Waals surface area contributed by atoms with Crippen molar-refractivity contribution in [3.05, 3.63) is 59.2 Å². The van der Waals surface area contributed by atoms with Crippen LogP contribution in [0.3, 0.4) is 0 Å². The van der Waals surface area contributed by atoms with Gasteiger partial charge in [0.15, 0.2) is 4.34 Å². The third-order valence-electron chi connectivity index (χ3n) is 3.81. The Morgan fingerprint density at radius 3 is 2.38 bits per heavy atom. The molecule has 0 aliphatic carbocycles. The highest BCUT2D eigenvalue weighted by atomic mass is 32.2. The number of thioether (sulfide) groups is 1. The van der Waals surface area contributed by atoms with Crippen LogP contribution in [0.5, 0.6) is 5.75 Å². The Hall–Kier alpha value is -2.91. The highest BCUT2D eigenvalue weighted by Gasteiger charge is 2.12. The Morgan fingerprint density at radius 1 is 1.03 bits per heavy atom. The van der Waals surface area contributed by atoms with Gasteiger partial charge in [0, 0.05) is 11.3 Å². The van der Waals surface area contributed by atoms with E-state index in [0.29, 0.717) is 20.7 Å². The van der Waals surface area contributed by atoms with Crippen molar-refractivity contribution in [2.45, 2.75) is 18.2 Å². The summed E-state index contributed by atoms with van der Waals surface area (Å²) in [5.74, 6) is 0.519. The van der Waals surface area contributed by atoms with Crippen molar-refractivity contribution in [3.8, 4) is 5.75 Å². The summed E-state index contributed by atoms with van der Waals surface area (Å²) in [6, 6.07) is 12.7. The van der Waals surface area contributed by atoms with Crippen LogP contribution in [0.15, 0.2) is 46.8 Å². The minimum atomic E-state index is -0.234. The number of carbonyl (C=O) groups is 2. The molecule has 2 aromatic carbocycles. The van der Waals surface area contributed by atoms with Gasteiger partial charge in [0.1, 0.15) is 5.75 Å². The third-order valence-corrected chi connectivity index (χ3v) is 5.78. The van der Waals surface area contributed by atoms with Crippen LogP contribution in [0.4, 0.5) is 10.8 Å². The van der Waals surface area contributed by atoms with E-state index in [1.165, 1.54) is 23.1 Å². The quantitative estimate of drug-likeness (QED) is 0.434. The number of nitrogens with one attached hydrogen (secondary N) is 2. The average Bonchev–Trinajstić information content (AvgIpc) is 3.13. The Labute approximate surface area is 176 Å². The fraction of sp³-hybridized carbons (Fsp3) is 0.200. The van der Waals surface area contributed by atoms with Gasteiger partial charge in [-0.15, -0.1) is 10.2 Å². The third kappa shape index (κ3) is 6.03. The van der Waals surface area contributed by atoms with E-state index in [0.717, 1.165) is 16.9 Å². The number of carbonyl (C=O) groups excluding carboxylic acids is 2. The highest BCUT2D eigenvalue weighted by Crippen LogP contribution is 2.26. The maximum absolute atomic E-state index is 12.4. The molecule has 1 heterocycles. The Balaban J connectivity index is 1.51. The van der Waals surface area contributed by atoms with E-state index in [2.05, 4.69) is 20.8 Å². The van der Waals surface area contributed by atoms with Gasteiger partial charge in [-0.3, -0.25) is 14.9 Å². The Kier molecular flexibility index (Phi) is 6.84. The molecule has 0 atom stereocenters. The summed E-state index contributed by atoms with van der Waals surface area (Å²) < 4.78 is 5.69. The van der Waals surface area contributed by atoms with Crippen LogP contribution in [0, 0.1) is 13.8 Å². The molecule has 1 aromatic heterocycles. The molecule has 0 saturated heterocycles. The molecule has 0 aliphatic heterocycles. The van der Waals surface area contributed by atoms with Gasteiger partial charge in [-0.2, -0.15) is 0 Å². The maximum Gasteiger partial charge on any atom is 0.257 e. The van der Waals surface area contributed by atoms with Crippen LogP contribution in [-0.4, -0.2) is 34.9 Å². The number of rotatable bonds is 7. The van der Waals surface area contributed by atoms with E-state index in [1.54, 1.807) is 31.4 Å². The van der Waals surface area contributed by atoms with Gasteiger partial charge in [0.25, 0.3) is 5.91 Å². The lowest BCUT2D eigenvalue weighted by Gasteiger charge is -2.05. The molecule has 150 valence electrons. The molecule has 0 bridgehead atoms. The summed E-state index contributed by atoms with van der Waals surface area (Å²) in [6.45, 7) is 3.89. The van der Waals surface area contributed by atoms with Gasteiger partial charge < -0.3 is 10.1 Å². The van der Waals surface area contributed by atoms with Gasteiger partial charge in [-0.25, -0.2) is 0 Å². The van der Waals surface area contributed by atoms with Crippen LogP contribution in [0.25, 0.3) is 0 Å². The summed E-state index contributed by atoms with van der Waals surface area (Å²) >= 11 is 2.49. The summed E-state index contributed by atoms with van der Waals surface area (Å²) in [5, 5.41) is 14.0. The average molecular weight is 429 g/mol. The number of aryl methyl sites for hydroxylation is 2. The zero-order valence-electron chi connectivity index (χ0n) is 16.2. The maximum atomic E-state index is 12.4. The lowest BCUT2D eigenvalue weighted by atomic mass is 10.1. The standard InChI is InChI=1S/C20H20N4O3S2/c1-12-8-13(2)10-14(9-12)18(26)22-19-23-24-20(29-19)28-11-17(25)21-15-4-6-16(27-3)7-5-15/h4-10H,11H2,1-3H3,(H,21,25)(H,22,23,26). The molecule has 0 radical (unpaired) electrons. The molecule has 0 unspecified atom stereocenters. The molecule has 0 saturated carbocycles. The van der Waals surface area contributed by atoms with Crippen LogP contribution in [-0.2, 0) is 4.79 Å². The molecule has 0 aliphatic rings. The Morgan fingerprint density at radius 2 is 1.72 bits per heavy atom. The predicted molar refractivity (Wildman–Crippen MR) is 116 cm³/mol. The molecule has 29 heavy (non-hydrogen) atoms. The van der Waals surface area contributed by atoms with Crippen molar-refractivity contribution in [1.82, 2.24) is 10.2 Å². The number of benzene rings is 2. The van der Waals surface area contributed by atoms with E-state index < -0.39 is 0 Å². The zero-order chi connectivity index (χ0) is 20.8. The van der Waals surface area contributed by atoms with Crippen molar-refractivity contribution in [1.29, 1.82) is 0 Å². The SMILES string of the molecule is COc1ccc(NC(=O)CSc2nnc(NC(=O)c3cc(C)cc(C)c3)s2)cc1. The fourth-order valence-corrected chi connectivity index (χ4v) is 4.14. The minimum Gasteiger partial charge on any atom is -0.497 e. The summed E-state index contributed by atoms with van der Waals surface area (Å²) in [6.07, 6.45) is 0. The van der Waals surface area contributed by atoms with E-state index in [4.69, 9.17) is 4.74 Å². The second-order valence-corrected chi connectivity index (χ2v) is 8.47. The first-order valence-corrected chi connectivity index (χ1v) is 10.5. The van der Waals surface area contributed by atoms with Crippen molar-refractivity contribution in [2.75, 3.05) is 23.5 Å². The van der Waals surface area contributed by atoms with Gasteiger partial charge in [-0.1, -0.05) is 40.3 Å². The number of hydrogen-bond acceptors (Lipinski definition) is 7. The molecular formula is C20H20N4O3S2. The van der Waals surface area contributed by atoms with Gasteiger partial charge in [-0.05, 0) is 50.2 Å². The number of aromatic nitrogens is 2. The second-order valence-electron chi connectivity index (χ2n) is 6.27. The van der Waals surface area contributed by atoms with Gasteiger partial charge in [0.05, 0.1) is 12.9 Å². The monoisotopic (exact) mass is 428 g/mol. The number of methoxy groups -OCH3 is 1. The highest BCUT2D eigenvalue weighted by molar-refractivity contribution is 8.01. The molecule has 3 aromatic rings. The Bertz CT molecular complexity index is 999. The van der Waals surface area contributed by atoms with Gasteiger partial charge in [0.2, 0.25) is 11.0 Å². The van der Waals surface area contributed by atoms with Crippen molar-refractivity contribution < 1.29 is 14.3 Å². The molecule has 9 heteroatoms. The fourth-order valence-electron chi connectivity index (χ4n) is 2.59. The van der Waals surface area contributed by atoms with Crippen molar-refractivity contribution in [2.24, 2.45) is 0 Å². The largest absolute Gasteiger partial charge is 0.497 e. The molecule has 2 amide bonds. The number of hydrogen-bond donors (Lipinski definition) is 2. The smallest absolute Gasteiger partial charge is 0.257 e. The first-order chi connectivity index (χ1) is 13.9. The molecule has 7 nitrogen and oxygen atoms in total. The van der Waals surface area contributed by atoms with E-state index in [-0.39, 0.29) is 17.6 Å². The van der Waals surface area contributed by atoms with E-state index >= 15 is 0 Å². The lowest BCUT2D eigenvalue weighted by Crippen LogP contribution is -2.13. The molecular weight excluding hydrogens is 408 g/mol. The summed E-state index contributed by atoms with van der Waals surface area (Å²) in [4.78, 5) is 24.5. The summed E-state index contributed by atoms with van der Waals surface area (Å²) in [5.41, 5.74) is 3.30. The van der Waals surface area contributed by atoms with Crippen LogP contribution >= 0.6 is 23.1 Å². The number of ether oxygens (including phenoxy) is 1. The predicted octanol–water partition coefficient (Wildman–Crippen LogP) is 4.15. The molecule has 0 spiro atoms. The first-order valence-electron chi connectivity index (χ1n) is 8.73. The number of nitrogens with zero attached hydrogens (tertiary/aromatic N) is 2. The molecule has 2 N–H and O–H groups in total. The van der Waals surface area contributed by atoms with Gasteiger partial charge >= 0.3 is 0 Å². The van der Waals surface area contributed by atoms with E-state index in [9.17, 15) is 9.59 Å². The second kappa shape index (κ2) is 9.53. The van der Waals surface area contributed by atoms with Crippen LogP contribution in [0.1, 0.15) is 21.5 Å².